The van der Waals surface area contributed by atoms with Crippen molar-refractivity contribution in [2.24, 2.45) is 0 Å². The van der Waals surface area contributed by atoms with Gasteiger partial charge in [0.25, 0.3) is 0 Å². The first-order valence-corrected chi connectivity index (χ1v) is 4.85. The second-order valence-corrected chi connectivity index (χ2v) is 3.31. The number of rotatable bonds is 3. The number of carbonyl (C=O) groups excluding carboxylic acids is 1. The summed E-state index contributed by atoms with van der Waals surface area (Å²) < 4.78 is 7.28. The Hall–Kier alpha value is -2.46. The van der Waals surface area contributed by atoms with Gasteiger partial charge in [-0.05, 0) is 0 Å². The molecular weight excluding hydrogens is 211 g/mol. The van der Waals surface area contributed by atoms with Crippen molar-refractivity contribution in [1.82, 2.24) is 0 Å². The van der Waals surface area contributed by atoms with Crippen LogP contribution in [0.5, 0.6) is 0 Å². The van der Waals surface area contributed by atoms with Crippen LogP contribution in [0.1, 0.15) is 12.5 Å². The van der Waals surface area contributed by atoms with E-state index < -0.39 is 0 Å². The van der Waals surface area contributed by atoms with E-state index in [1.807, 2.05) is 0 Å². The van der Waals surface area contributed by atoms with Crippen molar-refractivity contribution in [1.29, 1.82) is 11.9 Å². The fourth-order valence-corrected chi connectivity index (χ4v) is 1.35. The molecule has 4 heteroatoms. The number of Topliss-reactive ketones (excluding diaryl/α,β-unsaturated/α-hetero) is 1. The van der Waals surface area contributed by atoms with Crippen molar-refractivity contribution in [3.63, 3.8) is 0 Å². The van der Waals surface area contributed by atoms with Crippen molar-refractivity contribution >= 4 is 24.3 Å². The standard InChI is InChI=1S/C13H9BN2O/c1-9(17)13(14)12(11(7-15)8-16)10-5-3-2-4-6-10/h2-6,14H,1H3/i14D. The Labute approximate surface area is 102 Å². The maximum atomic E-state index is 11.5. The first kappa shape index (κ1) is 11.0. The van der Waals surface area contributed by atoms with Gasteiger partial charge in [0.05, 0.1) is 0 Å². The van der Waals surface area contributed by atoms with Crippen molar-refractivity contribution in [3.8, 4) is 12.1 Å². The third-order valence-corrected chi connectivity index (χ3v) is 2.18. The molecule has 3 nitrogen and oxygen atoms in total. The predicted molar refractivity (Wildman–Crippen MR) is 67.4 cm³/mol. The van der Waals surface area contributed by atoms with Crippen LogP contribution < -0.4 is 0 Å². The van der Waals surface area contributed by atoms with E-state index in [1.54, 1.807) is 42.5 Å². The summed E-state index contributed by atoms with van der Waals surface area (Å²) in [5.74, 6) is -0.355. The number of hydrogen-bond acceptors (Lipinski definition) is 3. The van der Waals surface area contributed by atoms with Gasteiger partial charge in [-0.3, -0.25) is 0 Å². The summed E-state index contributed by atoms with van der Waals surface area (Å²) in [6.45, 7) is 1.30. The number of nitriles is 2. The van der Waals surface area contributed by atoms with Crippen LogP contribution >= 0.6 is 0 Å². The van der Waals surface area contributed by atoms with Crippen molar-refractivity contribution < 1.29 is 4.79 Å². The zero-order valence-electron chi connectivity index (χ0n) is 10.3. The van der Waals surface area contributed by atoms with Crippen LogP contribution in [0.15, 0.2) is 35.9 Å². The number of benzene rings is 1. The maximum absolute atomic E-state index is 11.5. The molecule has 0 aliphatic carbocycles. The van der Waals surface area contributed by atoms with Crippen LogP contribution in [-0.4, -0.2) is 20.0 Å². The molecule has 0 N–H and O–H groups in total. The molecule has 80 valence electrons. The molecule has 0 heterocycles. The summed E-state index contributed by atoms with van der Waals surface area (Å²) >= 11 is 0. The molecule has 0 fully saturated rings. The molecule has 0 aromatic heterocycles. The Balaban J connectivity index is 3.60. The van der Waals surface area contributed by atoms with E-state index in [-0.39, 0.29) is 22.4 Å². The molecule has 1 aromatic rings. The average molecular weight is 221 g/mol. The zero-order valence-corrected chi connectivity index (χ0v) is 9.27. The second-order valence-electron chi connectivity index (χ2n) is 3.31. The van der Waals surface area contributed by atoms with Gasteiger partial charge in [-0.1, -0.05) is 0 Å². The Morgan fingerprint density at radius 2 is 1.88 bits per heavy atom. The Kier molecular flexibility index (Phi) is 3.62. The summed E-state index contributed by atoms with van der Waals surface area (Å²) in [6, 6.07) is 12.2. The van der Waals surface area contributed by atoms with E-state index in [0.29, 0.717) is 5.56 Å². The molecule has 0 spiro atoms. The van der Waals surface area contributed by atoms with Crippen molar-refractivity contribution in [2.75, 3.05) is 0 Å². The molecular formula is C13H9BN2O. The SMILES string of the molecule is [2H]B=C(C(C)=O)C(=C(C#N)C#N)c1ccccc1. The second kappa shape index (κ2) is 5.58. The molecule has 17 heavy (non-hydrogen) atoms. The number of ketones is 1. The molecule has 0 atom stereocenters. The van der Waals surface area contributed by atoms with Crippen LogP contribution in [0.25, 0.3) is 5.57 Å². The average Bonchev–Trinajstić information content (AvgIpc) is 2.39. The van der Waals surface area contributed by atoms with Gasteiger partial charge in [-0.2, -0.15) is 0 Å². The molecule has 0 bridgehead atoms. The van der Waals surface area contributed by atoms with Gasteiger partial charge >= 0.3 is 101 Å². The topological polar surface area (TPSA) is 64.7 Å². The van der Waals surface area contributed by atoms with E-state index in [9.17, 15) is 4.79 Å². The summed E-state index contributed by atoms with van der Waals surface area (Å²) in [6.07, 6.45) is 0. The van der Waals surface area contributed by atoms with Crippen LogP contribution in [0.3, 0.4) is 0 Å². The third kappa shape index (κ3) is 2.77. The van der Waals surface area contributed by atoms with Crippen LogP contribution in [0.4, 0.5) is 0 Å². The molecule has 0 aliphatic rings. The van der Waals surface area contributed by atoms with Gasteiger partial charge in [0.15, 0.2) is 0 Å². The molecule has 1 aromatic carbocycles. The molecule has 0 amide bonds. The molecule has 0 aliphatic heterocycles. The monoisotopic (exact) mass is 221 g/mol. The normalized spacial score (nSPS) is 10.3. The first-order chi connectivity index (χ1) is 8.65. The van der Waals surface area contributed by atoms with E-state index in [0.717, 1.165) is 7.45 Å². The zero-order chi connectivity index (χ0) is 13.5. The van der Waals surface area contributed by atoms with E-state index in [2.05, 4.69) is 0 Å². The Morgan fingerprint density at radius 1 is 1.29 bits per heavy atom. The van der Waals surface area contributed by atoms with Gasteiger partial charge in [0.2, 0.25) is 0 Å². The molecule has 0 saturated heterocycles. The summed E-state index contributed by atoms with van der Waals surface area (Å²) in [4.78, 5) is 11.5. The van der Waals surface area contributed by atoms with E-state index in [4.69, 9.17) is 11.9 Å². The molecule has 0 unspecified atom stereocenters. The van der Waals surface area contributed by atoms with E-state index >= 15 is 0 Å². The number of hydrogen-bond donors (Lipinski definition) is 0. The minimum absolute atomic E-state index is 0.0549. The minimum atomic E-state index is -0.355. The number of nitrogens with zero attached hydrogens (tertiary/aromatic N) is 2. The molecule has 0 saturated carbocycles. The van der Waals surface area contributed by atoms with E-state index in [1.165, 1.54) is 6.92 Å². The van der Waals surface area contributed by atoms with Crippen molar-refractivity contribution in [2.45, 2.75) is 6.92 Å². The van der Waals surface area contributed by atoms with Crippen LogP contribution in [0, 0.1) is 22.7 Å². The summed E-state index contributed by atoms with van der Waals surface area (Å²) in [7, 11) is 0.874. The Morgan fingerprint density at radius 3 is 2.29 bits per heavy atom. The number of carbonyl (C=O) groups is 1. The Bertz CT molecular complexity index is 590. The first-order valence-electron chi connectivity index (χ1n) is 5.43. The molecule has 1 rings (SSSR count). The van der Waals surface area contributed by atoms with Gasteiger partial charge in [0.1, 0.15) is 0 Å². The van der Waals surface area contributed by atoms with Crippen LogP contribution in [-0.2, 0) is 4.79 Å². The number of allylic oxidation sites excluding steroid dienone is 2. The van der Waals surface area contributed by atoms with Gasteiger partial charge in [0, 0.05) is 0 Å². The van der Waals surface area contributed by atoms with Gasteiger partial charge in [-0.25, -0.2) is 0 Å². The summed E-state index contributed by atoms with van der Waals surface area (Å²) in [5, 5.41) is 17.9. The fourth-order valence-electron chi connectivity index (χ4n) is 1.35. The third-order valence-electron chi connectivity index (χ3n) is 2.18. The predicted octanol–water partition coefficient (Wildman–Crippen LogP) is 1.15. The fraction of sp³-hybridized carbons (Fsp3) is 0.0769. The van der Waals surface area contributed by atoms with Gasteiger partial charge in [-0.15, -0.1) is 0 Å². The summed E-state index contributed by atoms with van der Waals surface area (Å²) in [5.41, 5.74) is 0.668. The quantitative estimate of drug-likeness (QED) is 0.568. The van der Waals surface area contributed by atoms with Crippen molar-refractivity contribution in [3.05, 3.63) is 41.5 Å². The molecule has 0 radical (unpaired) electrons. The van der Waals surface area contributed by atoms with Gasteiger partial charge < -0.3 is 0 Å². The van der Waals surface area contributed by atoms with Crippen LogP contribution in [0.2, 0.25) is 0 Å².